The summed E-state index contributed by atoms with van der Waals surface area (Å²) in [4.78, 5) is 24.6. The zero-order chi connectivity index (χ0) is 17.4. The normalized spacial score (nSPS) is 9.88. The third-order valence-electron chi connectivity index (χ3n) is 2.85. The average molecular weight is 363 g/mol. The summed E-state index contributed by atoms with van der Waals surface area (Å²) in [6, 6.07) is 10.4. The molecular weight excluding hydrogens is 346 g/mol. The van der Waals surface area contributed by atoms with E-state index < -0.39 is 5.91 Å². The van der Waals surface area contributed by atoms with Gasteiger partial charge in [-0.1, -0.05) is 25.1 Å². The lowest BCUT2D eigenvalue weighted by Crippen LogP contribution is -2.48. The summed E-state index contributed by atoms with van der Waals surface area (Å²) in [5.41, 5.74) is 5.33. The molecule has 1 aromatic carbocycles. The van der Waals surface area contributed by atoms with Crippen LogP contribution in [0.15, 0.2) is 41.8 Å². The van der Waals surface area contributed by atoms with Crippen LogP contribution >= 0.6 is 23.6 Å². The smallest absolute Gasteiger partial charge is 0.273 e. The number of benzene rings is 1. The number of thiocarbonyl (C=S) groups is 1. The lowest BCUT2D eigenvalue weighted by molar-refractivity contribution is 0.0931. The Morgan fingerprint density at radius 1 is 1.12 bits per heavy atom. The number of nitrogens with one attached hydrogen (secondary N) is 3. The lowest BCUT2D eigenvalue weighted by atomic mass is 10.2. The molecule has 0 aliphatic heterocycles. The Kier molecular flexibility index (Phi) is 6.71. The highest BCUT2D eigenvalue weighted by Gasteiger charge is 2.13. The first-order valence-electron chi connectivity index (χ1n) is 7.28. The first-order valence-corrected chi connectivity index (χ1v) is 8.57. The quantitative estimate of drug-likeness (QED) is 0.562. The van der Waals surface area contributed by atoms with Crippen LogP contribution in [0, 0.1) is 0 Å². The molecule has 3 N–H and O–H groups in total. The van der Waals surface area contributed by atoms with Gasteiger partial charge in [-0.3, -0.25) is 25.8 Å². The van der Waals surface area contributed by atoms with E-state index in [1.54, 1.807) is 41.8 Å². The molecule has 0 fully saturated rings. The van der Waals surface area contributed by atoms with Crippen molar-refractivity contribution in [2.45, 2.75) is 13.3 Å². The van der Waals surface area contributed by atoms with Crippen LogP contribution in [0.2, 0.25) is 0 Å². The van der Waals surface area contributed by atoms with Gasteiger partial charge in [0, 0.05) is 0 Å². The largest absolute Gasteiger partial charge is 0.493 e. The molecule has 0 radical (unpaired) electrons. The maximum atomic E-state index is 12.2. The number of hydrogen-bond acceptors (Lipinski definition) is 5. The number of amides is 2. The summed E-state index contributed by atoms with van der Waals surface area (Å²) >= 11 is 6.29. The van der Waals surface area contributed by atoms with Crippen LogP contribution in [-0.4, -0.2) is 23.5 Å². The maximum absolute atomic E-state index is 12.2. The van der Waals surface area contributed by atoms with E-state index in [1.807, 2.05) is 6.92 Å². The fourth-order valence-corrected chi connectivity index (χ4v) is 2.54. The molecule has 0 aliphatic carbocycles. The van der Waals surface area contributed by atoms with Gasteiger partial charge in [-0.15, -0.1) is 11.3 Å². The third kappa shape index (κ3) is 5.04. The third-order valence-corrected chi connectivity index (χ3v) is 3.93. The van der Waals surface area contributed by atoms with Crippen LogP contribution in [0.3, 0.4) is 0 Å². The molecule has 6 nitrogen and oxygen atoms in total. The van der Waals surface area contributed by atoms with E-state index in [4.69, 9.17) is 17.0 Å². The molecule has 24 heavy (non-hydrogen) atoms. The number of ether oxygens (including phenoxy) is 1. The summed E-state index contributed by atoms with van der Waals surface area (Å²) in [5.74, 6) is -0.245. The Labute approximate surface area is 149 Å². The molecule has 0 saturated carbocycles. The second kappa shape index (κ2) is 8.99. The molecule has 1 aromatic heterocycles. The van der Waals surface area contributed by atoms with Crippen LogP contribution in [-0.2, 0) is 0 Å². The van der Waals surface area contributed by atoms with Gasteiger partial charge >= 0.3 is 0 Å². The van der Waals surface area contributed by atoms with Gasteiger partial charge in [0.15, 0.2) is 5.11 Å². The molecule has 0 spiro atoms. The second-order valence-corrected chi connectivity index (χ2v) is 6.04. The van der Waals surface area contributed by atoms with Crippen LogP contribution in [0.4, 0.5) is 0 Å². The van der Waals surface area contributed by atoms with Gasteiger partial charge in [0.25, 0.3) is 11.8 Å². The molecule has 0 unspecified atom stereocenters. The highest BCUT2D eigenvalue weighted by molar-refractivity contribution is 7.80. The fraction of sp³-hybridized carbons (Fsp3) is 0.188. The molecule has 0 aliphatic rings. The number of para-hydroxylation sites is 1. The molecule has 2 amide bonds. The maximum Gasteiger partial charge on any atom is 0.273 e. The fourth-order valence-electron chi connectivity index (χ4n) is 1.78. The minimum absolute atomic E-state index is 0.00806. The molecule has 0 bridgehead atoms. The number of rotatable bonds is 5. The molecular formula is C16H17N3O3S2. The van der Waals surface area contributed by atoms with E-state index in [0.29, 0.717) is 22.8 Å². The second-order valence-electron chi connectivity index (χ2n) is 4.68. The van der Waals surface area contributed by atoms with Crippen molar-refractivity contribution in [3.63, 3.8) is 0 Å². The Balaban J connectivity index is 1.88. The van der Waals surface area contributed by atoms with E-state index in [1.165, 1.54) is 11.3 Å². The van der Waals surface area contributed by atoms with Crippen molar-refractivity contribution >= 4 is 40.5 Å². The van der Waals surface area contributed by atoms with Crippen molar-refractivity contribution in [1.82, 2.24) is 16.2 Å². The van der Waals surface area contributed by atoms with Crippen LogP contribution in [0.25, 0.3) is 0 Å². The Morgan fingerprint density at radius 2 is 1.92 bits per heavy atom. The molecule has 8 heteroatoms. The molecule has 0 atom stereocenters. The average Bonchev–Trinajstić information content (AvgIpc) is 3.13. The summed E-state index contributed by atoms with van der Waals surface area (Å²) < 4.78 is 5.54. The van der Waals surface area contributed by atoms with Gasteiger partial charge in [0.2, 0.25) is 0 Å². The van der Waals surface area contributed by atoms with Crippen molar-refractivity contribution in [3.8, 4) is 5.75 Å². The number of carbonyl (C=O) groups is 2. The topological polar surface area (TPSA) is 79.5 Å². The molecule has 126 valence electrons. The van der Waals surface area contributed by atoms with E-state index in [9.17, 15) is 9.59 Å². The van der Waals surface area contributed by atoms with E-state index in [0.717, 1.165) is 6.42 Å². The van der Waals surface area contributed by atoms with Gasteiger partial charge in [0.1, 0.15) is 5.75 Å². The van der Waals surface area contributed by atoms with Crippen molar-refractivity contribution in [2.75, 3.05) is 6.61 Å². The molecule has 0 saturated heterocycles. The molecule has 2 aromatic rings. The number of thiophene rings is 1. The van der Waals surface area contributed by atoms with Crippen LogP contribution < -0.4 is 20.9 Å². The first-order chi connectivity index (χ1) is 11.6. The van der Waals surface area contributed by atoms with Crippen molar-refractivity contribution in [3.05, 3.63) is 52.2 Å². The highest BCUT2D eigenvalue weighted by atomic mass is 32.1. The van der Waals surface area contributed by atoms with Crippen LogP contribution in [0.5, 0.6) is 5.75 Å². The number of hydrogen-bond donors (Lipinski definition) is 3. The zero-order valence-electron chi connectivity index (χ0n) is 13.0. The minimum atomic E-state index is -0.408. The monoisotopic (exact) mass is 363 g/mol. The van der Waals surface area contributed by atoms with Gasteiger partial charge < -0.3 is 4.74 Å². The highest BCUT2D eigenvalue weighted by Crippen LogP contribution is 2.17. The predicted molar refractivity (Wildman–Crippen MR) is 97.2 cm³/mol. The van der Waals surface area contributed by atoms with Crippen molar-refractivity contribution in [2.24, 2.45) is 0 Å². The summed E-state index contributed by atoms with van der Waals surface area (Å²) in [7, 11) is 0. The Hall–Kier alpha value is -2.45. The number of carbonyl (C=O) groups excluding carboxylic acids is 2. The van der Waals surface area contributed by atoms with E-state index >= 15 is 0 Å². The summed E-state index contributed by atoms with van der Waals surface area (Å²) in [5, 5.41) is 4.28. The van der Waals surface area contributed by atoms with Crippen molar-refractivity contribution in [1.29, 1.82) is 0 Å². The standard InChI is InChI=1S/C16H17N3O3S2/c1-2-9-22-12-7-4-3-6-11(12)14(20)18-19-16(23)17-15(21)13-8-5-10-24-13/h3-8,10H,2,9H2,1H3,(H,18,20)(H2,17,19,21,23). The molecule has 2 rings (SSSR count). The zero-order valence-corrected chi connectivity index (χ0v) is 14.6. The first kappa shape index (κ1) is 17.9. The van der Waals surface area contributed by atoms with Gasteiger partial charge in [-0.05, 0) is 42.2 Å². The molecule has 1 heterocycles. The van der Waals surface area contributed by atoms with Crippen LogP contribution in [0.1, 0.15) is 33.4 Å². The Bertz CT molecular complexity index is 717. The van der Waals surface area contributed by atoms with Gasteiger partial charge in [-0.25, -0.2) is 0 Å². The Morgan fingerprint density at radius 3 is 2.62 bits per heavy atom. The van der Waals surface area contributed by atoms with E-state index in [-0.39, 0.29) is 11.0 Å². The predicted octanol–water partition coefficient (Wildman–Crippen LogP) is 2.49. The van der Waals surface area contributed by atoms with Crippen molar-refractivity contribution < 1.29 is 14.3 Å². The van der Waals surface area contributed by atoms with Gasteiger partial charge in [0.05, 0.1) is 17.0 Å². The summed E-state index contributed by atoms with van der Waals surface area (Å²) in [6.07, 6.45) is 0.840. The van der Waals surface area contributed by atoms with E-state index in [2.05, 4.69) is 16.2 Å². The SMILES string of the molecule is CCCOc1ccccc1C(=O)NNC(=S)NC(=O)c1cccs1. The summed E-state index contributed by atoms with van der Waals surface area (Å²) in [6.45, 7) is 2.51. The minimum Gasteiger partial charge on any atom is -0.493 e. The number of hydrazine groups is 1. The lowest BCUT2D eigenvalue weighted by Gasteiger charge is -2.13. The van der Waals surface area contributed by atoms with Gasteiger partial charge in [-0.2, -0.15) is 0 Å².